The van der Waals surface area contributed by atoms with Gasteiger partial charge in [-0.25, -0.2) is 8.42 Å². The van der Waals surface area contributed by atoms with Gasteiger partial charge in [0, 0.05) is 24.8 Å². The number of hydrogen-bond acceptors (Lipinski definition) is 6. The van der Waals surface area contributed by atoms with E-state index < -0.39 is 27.5 Å². The van der Waals surface area contributed by atoms with Gasteiger partial charge < -0.3 is 10.6 Å². The number of hydrogen-bond donors (Lipinski definition) is 2. The number of carbonyl (C=O) groups excluding carboxylic acids is 1. The highest BCUT2D eigenvalue weighted by Gasteiger charge is 2.30. The van der Waals surface area contributed by atoms with Crippen molar-refractivity contribution in [2.24, 2.45) is 0 Å². The molecule has 3 rings (SSSR count). The molecule has 2 aromatic heterocycles. The van der Waals surface area contributed by atoms with Crippen molar-refractivity contribution in [1.29, 1.82) is 0 Å². The van der Waals surface area contributed by atoms with Gasteiger partial charge in [-0.05, 0) is 42.0 Å². The maximum atomic E-state index is 12.7. The fourth-order valence-electron chi connectivity index (χ4n) is 2.84. The molecule has 180 valence electrons. The Hall–Kier alpha value is -2.89. The number of alkyl halides is 3. The third-order valence-corrected chi connectivity index (χ3v) is 8.15. The molecule has 3 aromatic rings. The minimum atomic E-state index is -4.42. The van der Waals surface area contributed by atoms with Crippen molar-refractivity contribution >= 4 is 38.7 Å². The van der Waals surface area contributed by atoms with E-state index >= 15 is 0 Å². The Labute approximate surface area is 203 Å². The van der Waals surface area contributed by atoms with E-state index in [9.17, 15) is 26.4 Å². The summed E-state index contributed by atoms with van der Waals surface area (Å²) in [7, 11) is -3.53. The highest BCUT2D eigenvalue weighted by Crippen LogP contribution is 2.30. The van der Waals surface area contributed by atoms with E-state index in [1.54, 1.807) is 12.1 Å². The van der Waals surface area contributed by atoms with Gasteiger partial charge in [0.2, 0.25) is 0 Å². The second-order valence-electron chi connectivity index (χ2n) is 7.09. The lowest BCUT2D eigenvalue weighted by molar-refractivity contribution is -0.137. The van der Waals surface area contributed by atoms with Crippen LogP contribution >= 0.6 is 22.9 Å². The molecule has 0 atom stereocenters. The number of sulfone groups is 1. The van der Waals surface area contributed by atoms with Gasteiger partial charge in [0.25, 0.3) is 5.91 Å². The van der Waals surface area contributed by atoms with Crippen molar-refractivity contribution in [2.45, 2.75) is 16.9 Å². The summed E-state index contributed by atoms with van der Waals surface area (Å²) in [5.74, 6) is -0.763. The van der Waals surface area contributed by atoms with Gasteiger partial charge >= 0.3 is 6.18 Å². The van der Waals surface area contributed by atoms with Crippen LogP contribution in [0.5, 0.6) is 0 Å². The molecule has 1 aromatic carbocycles. The zero-order chi connectivity index (χ0) is 24.9. The first-order valence-electron chi connectivity index (χ1n) is 9.77. The Kier molecular flexibility index (Phi) is 8.01. The van der Waals surface area contributed by atoms with Crippen molar-refractivity contribution in [3.05, 3.63) is 82.5 Å². The van der Waals surface area contributed by atoms with E-state index in [4.69, 9.17) is 11.6 Å². The molecule has 6 nitrogen and oxygen atoms in total. The molecule has 0 aliphatic heterocycles. The van der Waals surface area contributed by atoms with Crippen molar-refractivity contribution in [2.75, 3.05) is 12.3 Å². The zero-order valence-corrected chi connectivity index (χ0v) is 19.9. The van der Waals surface area contributed by atoms with Crippen LogP contribution in [0.25, 0.3) is 11.3 Å². The van der Waals surface area contributed by atoms with Crippen LogP contribution in [0.3, 0.4) is 0 Å². The molecule has 1 amide bonds. The molecule has 12 heteroatoms. The summed E-state index contributed by atoms with van der Waals surface area (Å²) in [5, 5.41) is 5.33. The number of thiophene rings is 1. The van der Waals surface area contributed by atoms with Crippen LogP contribution in [0.1, 0.15) is 11.1 Å². The van der Waals surface area contributed by atoms with Crippen LogP contribution in [-0.4, -0.2) is 31.6 Å². The number of aromatic nitrogens is 1. The number of halogens is 4. The van der Waals surface area contributed by atoms with Crippen LogP contribution in [-0.2, 0) is 27.4 Å². The Morgan fingerprint density at radius 3 is 2.41 bits per heavy atom. The summed E-state index contributed by atoms with van der Waals surface area (Å²) in [4.78, 5) is 16.4. The van der Waals surface area contributed by atoms with Crippen LogP contribution in [0.4, 0.5) is 13.2 Å². The van der Waals surface area contributed by atoms with Crippen LogP contribution in [0, 0.1) is 0 Å². The minimum absolute atomic E-state index is 0.00330. The highest BCUT2D eigenvalue weighted by molar-refractivity contribution is 7.93. The van der Waals surface area contributed by atoms with Gasteiger partial charge in [0.15, 0.2) is 9.84 Å². The lowest BCUT2D eigenvalue weighted by atomic mass is 10.1. The molecular formula is C22H19ClF3N3O3S2. The molecule has 0 bridgehead atoms. The molecule has 2 N–H and O–H groups in total. The number of benzene rings is 1. The predicted octanol–water partition coefficient (Wildman–Crippen LogP) is 4.68. The smallest absolute Gasteiger partial charge is 0.380 e. The second-order valence-corrected chi connectivity index (χ2v) is 11.1. The average Bonchev–Trinajstić information content (AvgIpc) is 3.24. The van der Waals surface area contributed by atoms with E-state index in [0.717, 1.165) is 23.5 Å². The monoisotopic (exact) mass is 529 g/mol. The highest BCUT2D eigenvalue weighted by atomic mass is 35.5. The molecule has 0 fully saturated rings. The van der Waals surface area contributed by atoms with Crippen LogP contribution < -0.4 is 10.6 Å². The first-order valence-corrected chi connectivity index (χ1v) is 12.6. The molecule has 0 aliphatic rings. The average molecular weight is 530 g/mol. The van der Waals surface area contributed by atoms with Gasteiger partial charge in [-0.1, -0.05) is 30.3 Å². The summed E-state index contributed by atoms with van der Waals surface area (Å²) < 4.78 is 63.2. The lowest BCUT2D eigenvalue weighted by Crippen LogP contribution is -2.33. The molecule has 0 aliphatic carbocycles. The first kappa shape index (κ1) is 25.7. The summed E-state index contributed by atoms with van der Waals surface area (Å²) in [6, 6.07) is 10.9. The molecule has 0 spiro atoms. The quantitative estimate of drug-likeness (QED) is 0.393. The van der Waals surface area contributed by atoms with Gasteiger partial charge in [0.05, 0.1) is 27.0 Å². The topological polar surface area (TPSA) is 88.2 Å². The Morgan fingerprint density at radius 1 is 1.09 bits per heavy atom. The van der Waals surface area contributed by atoms with Crippen molar-refractivity contribution in [3.8, 4) is 11.3 Å². The number of pyridine rings is 1. The standard InChI is InChI=1S/C22H19ClF3N3O3S2/c1-14(27-10-11-34(31,32)20-7-6-19(23)33-20)21(30)29-13-15-8-9-28-18(12-15)16-2-4-17(5-3-16)22(24,25)26/h2-9,12,27H,1,10-11,13H2,(H,29,30). The molecule has 0 saturated heterocycles. The molecular weight excluding hydrogens is 511 g/mol. The van der Waals surface area contributed by atoms with Gasteiger partial charge in [-0.15, -0.1) is 11.3 Å². The third-order valence-electron chi connectivity index (χ3n) is 4.62. The summed E-state index contributed by atoms with van der Waals surface area (Å²) >= 11 is 6.73. The Balaban J connectivity index is 1.52. The second kappa shape index (κ2) is 10.6. The number of rotatable bonds is 9. The van der Waals surface area contributed by atoms with Crippen LogP contribution in [0.15, 0.2) is 71.2 Å². The number of carbonyl (C=O) groups is 1. The van der Waals surface area contributed by atoms with Crippen molar-refractivity contribution in [3.63, 3.8) is 0 Å². The van der Waals surface area contributed by atoms with Crippen molar-refractivity contribution < 1.29 is 26.4 Å². The summed E-state index contributed by atoms with van der Waals surface area (Å²) in [6.45, 7) is 3.71. The van der Waals surface area contributed by atoms with E-state index in [2.05, 4.69) is 22.2 Å². The van der Waals surface area contributed by atoms with E-state index in [1.807, 2.05) is 0 Å². The number of nitrogens with zero attached hydrogens (tertiary/aromatic N) is 1. The third kappa shape index (κ3) is 6.81. The van der Waals surface area contributed by atoms with E-state index in [-0.39, 0.29) is 28.7 Å². The van der Waals surface area contributed by atoms with Crippen LogP contribution in [0.2, 0.25) is 4.34 Å². The van der Waals surface area contributed by atoms with Gasteiger partial charge in [-0.2, -0.15) is 13.2 Å². The maximum absolute atomic E-state index is 12.7. The molecule has 2 heterocycles. The summed E-state index contributed by atoms with van der Waals surface area (Å²) in [5.41, 5.74) is 0.870. The fourth-order valence-corrected chi connectivity index (χ4v) is 5.63. The van der Waals surface area contributed by atoms with Crippen molar-refractivity contribution in [1.82, 2.24) is 15.6 Å². The number of nitrogens with one attached hydrogen (secondary N) is 2. The van der Waals surface area contributed by atoms with Gasteiger partial charge in [0.1, 0.15) is 4.21 Å². The molecule has 0 radical (unpaired) electrons. The first-order chi connectivity index (χ1) is 16.0. The summed E-state index contributed by atoms with van der Waals surface area (Å²) in [6.07, 6.45) is -2.93. The molecule has 0 saturated carbocycles. The van der Waals surface area contributed by atoms with Gasteiger partial charge in [-0.3, -0.25) is 9.78 Å². The number of amides is 1. The fraction of sp³-hybridized carbons (Fsp3) is 0.182. The molecule has 0 unspecified atom stereocenters. The molecule has 34 heavy (non-hydrogen) atoms. The minimum Gasteiger partial charge on any atom is -0.380 e. The van der Waals surface area contributed by atoms with E-state index in [0.29, 0.717) is 21.2 Å². The van der Waals surface area contributed by atoms with E-state index in [1.165, 1.54) is 30.5 Å². The normalized spacial score (nSPS) is 11.8. The Bertz CT molecular complexity index is 1290. The Morgan fingerprint density at radius 2 is 1.79 bits per heavy atom. The SMILES string of the molecule is C=C(NCCS(=O)(=O)c1ccc(Cl)s1)C(=O)NCc1ccnc(-c2ccc(C(F)(F)F)cc2)c1. The zero-order valence-electron chi connectivity index (χ0n) is 17.5. The largest absolute Gasteiger partial charge is 0.416 e. The lowest BCUT2D eigenvalue weighted by Gasteiger charge is -2.11. The maximum Gasteiger partial charge on any atom is 0.416 e. The predicted molar refractivity (Wildman–Crippen MR) is 125 cm³/mol.